The first-order valence-electron chi connectivity index (χ1n) is 4.71. The molecule has 0 saturated carbocycles. The van der Waals surface area contributed by atoms with Gasteiger partial charge < -0.3 is 9.73 Å². The maximum absolute atomic E-state index is 11.0. The zero-order valence-corrected chi connectivity index (χ0v) is 9.81. The minimum atomic E-state index is -0.233. The van der Waals surface area contributed by atoms with Gasteiger partial charge in [-0.05, 0) is 17.7 Å². The van der Waals surface area contributed by atoms with Crippen LogP contribution < -0.4 is 5.32 Å². The molecule has 0 radical (unpaired) electrons. The molecule has 0 unspecified atom stereocenters. The summed E-state index contributed by atoms with van der Waals surface area (Å²) in [4.78, 5) is 11.0. The van der Waals surface area contributed by atoms with Crippen LogP contribution in [0, 0.1) is 0 Å². The van der Waals surface area contributed by atoms with Crippen LogP contribution in [-0.2, 0) is 11.3 Å². The number of rotatable bonds is 3. The lowest BCUT2D eigenvalue weighted by Crippen LogP contribution is -2.23. The Bertz CT molecular complexity index is 522. The number of nitrogens with one attached hydrogen (secondary N) is 1. The van der Waals surface area contributed by atoms with E-state index >= 15 is 0 Å². The third-order valence-corrected chi connectivity index (χ3v) is 2.78. The van der Waals surface area contributed by atoms with Gasteiger partial charge in [0.2, 0.25) is 5.91 Å². The number of carbonyl (C=O) groups is 1. The van der Waals surface area contributed by atoms with Gasteiger partial charge in [0.15, 0.2) is 5.22 Å². The molecule has 1 amide bonds. The van der Waals surface area contributed by atoms with Crippen LogP contribution in [0.1, 0.15) is 5.56 Å². The van der Waals surface area contributed by atoms with Gasteiger partial charge in [-0.3, -0.25) is 4.79 Å². The number of halogens is 2. The molecule has 0 spiro atoms. The van der Waals surface area contributed by atoms with Crippen LogP contribution in [0.5, 0.6) is 0 Å². The summed E-state index contributed by atoms with van der Waals surface area (Å²) >= 11 is 11.3. The van der Waals surface area contributed by atoms with E-state index in [4.69, 9.17) is 27.6 Å². The smallest absolute Gasteiger partial charge is 0.235 e. The third-order valence-electron chi connectivity index (χ3n) is 2.23. The van der Waals surface area contributed by atoms with Crippen molar-refractivity contribution in [2.75, 3.05) is 5.88 Å². The largest absolute Gasteiger partial charge is 0.444 e. The standard InChI is InChI=1S/C11H9Cl2NO2/c12-5-10(15)14-6-8-7-3-1-2-4-9(7)16-11(8)13/h1-4H,5-6H2,(H,14,15). The van der Waals surface area contributed by atoms with Gasteiger partial charge in [-0.1, -0.05) is 18.2 Å². The Morgan fingerprint density at radius 2 is 2.12 bits per heavy atom. The lowest BCUT2D eigenvalue weighted by molar-refractivity contribution is -0.118. The minimum absolute atomic E-state index is 0.0621. The Hall–Kier alpha value is -1.19. The summed E-state index contributed by atoms with van der Waals surface area (Å²) in [6.07, 6.45) is 0. The molecule has 0 saturated heterocycles. The quantitative estimate of drug-likeness (QED) is 0.860. The van der Waals surface area contributed by atoms with Crippen LogP contribution >= 0.6 is 23.2 Å². The highest BCUT2D eigenvalue weighted by molar-refractivity contribution is 6.31. The number of furan rings is 1. The van der Waals surface area contributed by atoms with Gasteiger partial charge in [0.05, 0.1) is 0 Å². The topological polar surface area (TPSA) is 42.2 Å². The normalized spacial score (nSPS) is 10.6. The zero-order chi connectivity index (χ0) is 11.5. The van der Waals surface area contributed by atoms with Crippen LogP contribution in [0.25, 0.3) is 11.0 Å². The molecule has 0 aliphatic carbocycles. The lowest BCUT2D eigenvalue weighted by Gasteiger charge is -2.01. The van der Waals surface area contributed by atoms with Crippen molar-refractivity contribution < 1.29 is 9.21 Å². The van der Waals surface area contributed by atoms with Gasteiger partial charge in [0.1, 0.15) is 11.5 Å². The number of para-hydroxylation sites is 1. The summed E-state index contributed by atoms with van der Waals surface area (Å²) in [6, 6.07) is 7.48. The summed E-state index contributed by atoms with van der Waals surface area (Å²) in [5.74, 6) is -0.295. The fourth-order valence-corrected chi connectivity index (χ4v) is 1.81. The van der Waals surface area contributed by atoms with Crippen molar-refractivity contribution in [1.82, 2.24) is 5.32 Å². The summed E-state index contributed by atoms with van der Waals surface area (Å²) in [6.45, 7) is 0.321. The maximum atomic E-state index is 11.0. The van der Waals surface area contributed by atoms with Gasteiger partial charge in [0, 0.05) is 17.5 Å². The Balaban J connectivity index is 2.29. The molecule has 2 rings (SSSR count). The SMILES string of the molecule is O=C(CCl)NCc1c(Cl)oc2ccccc12. The Morgan fingerprint density at radius 1 is 1.38 bits per heavy atom. The van der Waals surface area contributed by atoms with Gasteiger partial charge in [-0.25, -0.2) is 0 Å². The highest BCUT2D eigenvalue weighted by atomic mass is 35.5. The molecule has 0 aliphatic heterocycles. The van der Waals surface area contributed by atoms with Crippen molar-refractivity contribution in [2.45, 2.75) is 6.54 Å². The highest BCUT2D eigenvalue weighted by Crippen LogP contribution is 2.29. The first-order valence-corrected chi connectivity index (χ1v) is 5.62. The Morgan fingerprint density at radius 3 is 2.88 bits per heavy atom. The van der Waals surface area contributed by atoms with Crippen molar-refractivity contribution in [3.05, 3.63) is 35.0 Å². The van der Waals surface area contributed by atoms with E-state index < -0.39 is 0 Å². The van der Waals surface area contributed by atoms with Gasteiger partial charge >= 0.3 is 0 Å². The average molecular weight is 258 g/mol. The second-order valence-corrected chi connectivity index (χ2v) is 3.87. The third kappa shape index (κ3) is 2.15. The molecule has 0 bridgehead atoms. The van der Waals surface area contributed by atoms with Gasteiger partial charge in [-0.15, -0.1) is 11.6 Å². The number of fused-ring (bicyclic) bond motifs is 1. The number of hydrogen-bond acceptors (Lipinski definition) is 2. The van der Waals surface area contributed by atoms with E-state index in [0.29, 0.717) is 17.3 Å². The molecular formula is C11H9Cl2NO2. The molecule has 0 aliphatic rings. The van der Waals surface area contributed by atoms with Crippen molar-refractivity contribution >= 4 is 40.1 Å². The van der Waals surface area contributed by atoms with Crippen LogP contribution in [0.2, 0.25) is 5.22 Å². The Kier molecular flexibility index (Phi) is 3.36. The second kappa shape index (κ2) is 4.76. The fourth-order valence-electron chi connectivity index (χ4n) is 1.47. The average Bonchev–Trinajstić information content (AvgIpc) is 2.62. The fraction of sp³-hybridized carbons (Fsp3) is 0.182. The summed E-state index contributed by atoms with van der Waals surface area (Å²) in [7, 11) is 0. The van der Waals surface area contributed by atoms with Crippen molar-refractivity contribution in [1.29, 1.82) is 0 Å². The first-order chi connectivity index (χ1) is 7.72. The number of amides is 1. The first kappa shape index (κ1) is 11.3. The van der Waals surface area contributed by atoms with Crippen molar-refractivity contribution in [3.8, 4) is 0 Å². The monoisotopic (exact) mass is 257 g/mol. The molecule has 1 aromatic carbocycles. The van der Waals surface area contributed by atoms with Crippen LogP contribution in [0.4, 0.5) is 0 Å². The second-order valence-electron chi connectivity index (χ2n) is 3.26. The summed E-state index contributed by atoms with van der Waals surface area (Å²) in [5.41, 5.74) is 1.48. The molecule has 0 atom stereocenters. The number of carbonyl (C=O) groups excluding carboxylic acids is 1. The van der Waals surface area contributed by atoms with E-state index in [9.17, 15) is 4.79 Å². The summed E-state index contributed by atoms with van der Waals surface area (Å²) in [5, 5.41) is 3.86. The van der Waals surface area contributed by atoms with E-state index in [-0.39, 0.29) is 11.8 Å². The van der Waals surface area contributed by atoms with Crippen molar-refractivity contribution in [2.24, 2.45) is 0 Å². The van der Waals surface area contributed by atoms with E-state index in [2.05, 4.69) is 5.32 Å². The number of alkyl halides is 1. The molecule has 1 aromatic heterocycles. The number of hydrogen-bond donors (Lipinski definition) is 1. The molecule has 2 aromatic rings. The lowest BCUT2D eigenvalue weighted by atomic mass is 10.2. The van der Waals surface area contributed by atoms with Crippen LogP contribution in [0.3, 0.4) is 0 Å². The predicted molar refractivity (Wildman–Crippen MR) is 63.8 cm³/mol. The zero-order valence-electron chi connectivity index (χ0n) is 8.30. The molecule has 0 fully saturated rings. The van der Waals surface area contributed by atoms with E-state index in [0.717, 1.165) is 10.9 Å². The molecule has 84 valence electrons. The van der Waals surface area contributed by atoms with Gasteiger partial charge in [0.25, 0.3) is 0 Å². The van der Waals surface area contributed by atoms with E-state index in [1.807, 2.05) is 24.3 Å². The molecule has 16 heavy (non-hydrogen) atoms. The molecule has 1 heterocycles. The van der Waals surface area contributed by atoms with Crippen LogP contribution in [0.15, 0.2) is 28.7 Å². The molecular weight excluding hydrogens is 249 g/mol. The minimum Gasteiger partial charge on any atom is -0.444 e. The van der Waals surface area contributed by atoms with Gasteiger partial charge in [-0.2, -0.15) is 0 Å². The highest BCUT2D eigenvalue weighted by Gasteiger charge is 2.12. The van der Waals surface area contributed by atoms with E-state index in [1.165, 1.54) is 0 Å². The van der Waals surface area contributed by atoms with Crippen molar-refractivity contribution in [3.63, 3.8) is 0 Å². The molecule has 5 heteroatoms. The molecule has 3 nitrogen and oxygen atoms in total. The molecule has 1 N–H and O–H groups in total. The Labute approximate surface area is 102 Å². The summed E-state index contributed by atoms with van der Waals surface area (Å²) < 4.78 is 5.35. The van der Waals surface area contributed by atoms with Crippen LogP contribution in [-0.4, -0.2) is 11.8 Å². The van der Waals surface area contributed by atoms with E-state index in [1.54, 1.807) is 0 Å². The maximum Gasteiger partial charge on any atom is 0.235 e. The number of benzene rings is 1. The predicted octanol–water partition coefficient (Wildman–Crippen LogP) is 2.94.